The molecule has 230 valence electrons. The normalized spacial score (nSPS) is 11.6. The second-order valence-corrected chi connectivity index (χ2v) is 12.2. The first-order chi connectivity index (χ1) is 24.3. The van der Waals surface area contributed by atoms with Crippen molar-refractivity contribution in [3.8, 4) is 78.9 Å². The number of hydrogen-bond acceptors (Lipinski definition) is 5. The van der Waals surface area contributed by atoms with Crippen LogP contribution in [0.4, 0.5) is 0 Å². The molecule has 0 bridgehead atoms. The first-order valence-corrected chi connectivity index (χ1v) is 16.4. The maximum atomic E-state index is 5.12. The van der Waals surface area contributed by atoms with Gasteiger partial charge in [-0.1, -0.05) is 140 Å². The molecule has 0 atom stereocenters. The van der Waals surface area contributed by atoms with Gasteiger partial charge in [0.05, 0.1) is 11.4 Å². The Hall–Kier alpha value is -6.59. The summed E-state index contributed by atoms with van der Waals surface area (Å²) in [5, 5.41) is 0. The van der Waals surface area contributed by atoms with E-state index in [2.05, 4.69) is 115 Å². The van der Waals surface area contributed by atoms with Crippen molar-refractivity contribution in [3.05, 3.63) is 175 Å². The summed E-state index contributed by atoms with van der Waals surface area (Å²) in [7, 11) is 0. The lowest BCUT2D eigenvalue weighted by molar-refractivity contribution is 1.07. The summed E-state index contributed by atoms with van der Waals surface area (Å²) in [5.41, 5.74) is 13.7. The Balaban J connectivity index is 1.22. The summed E-state index contributed by atoms with van der Waals surface area (Å²) in [6.45, 7) is 0. The van der Waals surface area contributed by atoms with Crippen LogP contribution in [0.5, 0.6) is 0 Å². The van der Waals surface area contributed by atoms with E-state index < -0.39 is 0 Å². The molecule has 5 heteroatoms. The van der Waals surface area contributed by atoms with Crippen molar-refractivity contribution in [3.63, 3.8) is 0 Å². The van der Waals surface area contributed by atoms with E-state index in [1.165, 1.54) is 16.7 Å². The molecule has 0 spiro atoms. The SMILES string of the molecule is c1ccc(-c2ccc(-c3nc(-c4ccccc4)nc(-c4cc(-c5ccccc5)cc(-c5ncnc6c5Cc5ccccc5-6)c4)n3)cc2)cc1. The molecule has 0 radical (unpaired) electrons. The second kappa shape index (κ2) is 12.2. The molecule has 49 heavy (non-hydrogen) atoms. The zero-order chi connectivity index (χ0) is 32.6. The highest BCUT2D eigenvalue weighted by molar-refractivity contribution is 5.85. The quantitative estimate of drug-likeness (QED) is 0.184. The summed E-state index contributed by atoms with van der Waals surface area (Å²) in [5.74, 6) is 1.84. The first-order valence-electron chi connectivity index (χ1n) is 16.4. The molecule has 8 aromatic rings. The van der Waals surface area contributed by atoms with E-state index in [-0.39, 0.29) is 0 Å². The predicted octanol–water partition coefficient (Wildman–Crippen LogP) is 10.2. The molecule has 9 rings (SSSR count). The standard InChI is InChI=1S/C44H29N5/c1-4-12-29(13-5-1)31-20-22-33(23-21-31)43-47-42(32-16-8-3-9-17-32)48-44(49-43)37-25-35(30-14-6-2-7-15-30)24-36(26-37)40-39-27-34-18-10-11-19-38(34)41(39)46-28-45-40/h1-26,28H,27H2. The molecule has 0 saturated heterocycles. The van der Waals surface area contributed by atoms with Crippen molar-refractivity contribution in [1.29, 1.82) is 0 Å². The largest absolute Gasteiger partial charge is 0.236 e. The molecule has 6 aromatic carbocycles. The Kier molecular flexibility index (Phi) is 7.13. The number of hydrogen-bond donors (Lipinski definition) is 0. The van der Waals surface area contributed by atoms with Gasteiger partial charge in [0.25, 0.3) is 0 Å². The van der Waals surface area contributed by atoms with Gasteiger partial charge in [0, 0.05) is 39.8 Å². The van der Waals surface area contributed by atoms with Gasteiger partial charge in [0.15, 0.2) is 17.5 Å². The summed E-state index contributed by atoms with van der Waals surface area (Å²) < 4.78 is 0. The van der Waals surface area contributed by atoms with Crippen molar-refractivity contribution in [2.45, 2.75) is 6.42 Å². The fraction of sp³-hybridized carbons (Fsp3) is 0.0227. The number of aromatic nitrogens is 5. The van der Waals surface area contributed by atoms with Crippen LogP contribution in [0.15, 0.2) is 164 Å². The Morgan fingerprint density at radius 2 is 0.796 bits per heavy atom. The molecular formula is C44H29N5. The highest BCUT2D eigenvalue weighted by Crippen LogP contribution is 2.41. The molecule has 0 aliphatic heterocycles. The molecule has 0 saturated carbocycles. The summed E-state index contributed by atoms with van der Waals surface area (Å²) in [6.07, 6.45) is 2.47. The van der Waals surface area contributed by atoms with E-state index in [1.54, 1.807) is 6.33 Å². The summed E-state index contributed by atoms with van der Waals surface area (Å²) >= 11 is 0. The molecule has 0 amide bonds. The van der Waals surface area contributed by atoms with E-state index in [0.29, 0.717) is 17.5 Å². The minimum atomic E-state index is 0.601. The fourth-order valence-corrected chi connectivity index (χ4v) is 6.64. The van der Waals surface area contributed by atoms with Gasteiger partial charge >= 0.3 is 0 Å². The summed E-state index contributed by atoms with van der Waals surface area (Å²) in [4.78, 5) is 24.8. The third kappa shape index (κ3) is 5.47. The van der Waals surface area contributed by atoms with Crippen LogP contribution in [0, 0.1) is 0 Å². The Labute approximate surface area is 284 Å². The van der Waals surface area contributed by atoms with Crippen LogP contribution in [0.3, 0.4) is 0 Å². The van der Waals surface area contributed by atoms with E-state index in [0.717, 1.165) is 62.3 Å². The van der Waals surface area contributed by atoms with E-state index in [1.807, 2.05) is 42.5 Å². The molecule has 2 aromatic heterocycles. The second-order valence-electron chi connectivity index (χ2n) is 12.2. The molecule has 1 aliphatic carbocycles. The highest BCUT2D eigenvalue weighted by atomic mass is 15.0. The Morgan fingerprint density at radius 1 is 0.347 bits per heavy atom. The van der Waals surface area contributed by atoms with E-state index in [4.69, 9.17) is 24.9 Å². The zero-order valence-electron chi connectivity index (χ0n) is 26.5. The predicted molar refractivity (Wildman–Crippen MR) is 196 cm³/mol. The Morgan fingerprint density at radius 3 is 1.47 bits per heavy atom. The fourth-order valence-electron chi connectivity index (χ4n) is 6.64. The van der Waals surface area contributed by atoms with Crippen LogP contribution < -0.4 is 0 Å². The molecule has 0 fully saturated rings. The summed E-state index contributed by atoms with van der Waals surface area (Å²) in [6, 6.07) is 54.3. The first kappa shape index (κ1) is 28.6. The van der Waals surface area contributed by atoms with Crippen molar-refractivity contribution in [2.75, 3.05) is 0 Å². The lowest BCUT2D eigenvalue weighted by Crippen LogP contribution is -2.01. The van der Waals surface area contributed by atoms with Gasteiger partial charge in [0.2, 0.25) is 0 Å². The number of nitrogens with zero attached hydrogens (tertiary/aromatic N) is 5. The minimum Gasteiger partial charge on any atom is -0.236 e. The van der Waals surface area contributed by atoms with Crippen LogP contribution in [0.25, 0.3) is 78.9 Å². The van der Waals surface area contributed by atoms with E-state index in [9.17, 15) is 0 Å². The lowest BCUT2D eigenvalue weighted by Gasteiger charge is -2.13. The molecule has 0 unspecified atom stereocenters. The Bertz CT molecular complexity index is 2440. The van der Waals surface area contributed by atoms with Gasteiger partial charge in [-0.15, -0.1) is 0 Å². The van der Waals surface area contributed by atoms with Crippen molar-refractivity contribution >= 4 is 0 Å². The van der Waals surface area contributed by atoms with Gasteiger partial charge in [-0.3, -0.25) is 0 Å². The smallest absolute Gasteiger partial charge is 0.164 e. The number of rotatable bonds is 6. The van der Waals surface area contributed by atoms with Gasteiger partial charge in [-0.2, -0.15) is 0 Å². The average molecular weight is 628 g/mol. The van der Waals surface area contributed by atoms with Gasteiger partial charge in [-0.25, -0.2) is 24.9 Å². The van der Waals surface area contributed by atoms with Gasteiger partial charge < -0.3 is 0 Å². The molecule has 1 aliphatic rings. The third-order valence-electron chi connectivity index (χ3n) is 9.07. The third-order valence-corrected chi connectivity index (χ3v) is 9.07. The number of fused-ring (bicyclic) bond motifs is 3. The monoisotopic (exact) mass is 627 g/mol. The van der Waals surface area contributed by atoms with Crippen molar-refractivity contribution in [2.24, 2.45) is 0 Å². The number of benzene rings is 6. The van der Waals surface area contributed by atoms with Crippen LogP contribution >= 0.6 is 0 Å². The highest BCUT2D eigenvalue weighted by Gasteiger charge is 2.24. The van der Waals surface area contributed by atoms with Gasteiger partial charge in [0.1, 0.15) is 6.33 Å². The zero-order valence-corrected chi connectivity index (χ0v) is 26.5. The van der Waals surface area contributed by atoms with Crippen LogP contribution in [-0.2, 0) is 6.42 Å². The van der Waals surface area contributed by atoms with Crippen LogP contribution in [-0.4, -0.2) is 24.9 Å². The van der Waals surface area contributed by atoms with Crippen LogP contribution in [0.2, 0.25) is 0 Å². The van der Waals surface area contributed by atoms with Crippen molar-refractivity contribution < 1.29 is 0 Å². The van der Waals surface area contributed by atoms with Crippen LogP contribution in [0.1, 0.15) is 11.1 Å². The topological polar surface area (TPSA) is 64.5 Å². The average Bonchev–Trinajstić information content (AvgIpc) is 3.58. The maximum Gasteiger partial charge on any atom is 0.164 e. The molecule has 0 N–H and O–H groups in total. The van der Waals surface area contributed by atoms with E-state index >= 15 is 0 Å². The molecular weight excluding hydrogens is 599 g/mol. The maximum absolute atomic E-state index is 5.12. The lowest BCUT2D eigenvalue weighted by atomic mass is 9.95. The minimum absolute atomic E-state index is 0.601. The molecule has 5 nitrogen and oxygen atoms in total. The van der Waals surface area contributed by atoms with Gasteiger partial charge in [-0.05, 0) is 46.0 Å². The van der Waals surface area contributed by atoms with Crippen molar-refractivity contribution in [1.82, 2.24) is 24.9 Å². The molecule has 2 heterocycles.